The van der Waals surface area contributed by atoms with Gasteiger partial charge in [-0.3, -0.25) is 9.69 Å². The van der Waals surface area contributed by atoms with E-state index in [-0.39, 0.29) is 17.7 Å². The molecule has 1 aliphatic rings. The summed E-state index contributed by atoms with van der Waals surface area (Å²) in [6.07, 6.45) is 2.94. The average molecular weight is 444 g/mol. The first kappa shape index (κ1) is 20.6. The normalized spacial score (nSPS) is 13.3. The van der Waals surface area contributed by atoms with Crippen molar-refractivity contribution < 1.29 is 9.90 Å². The van der Waals surface area contributed by atoms with Gasteiger partial charge in [-0.25, -0.2) is 9.97 Å². The molecule has 2 aromatic heterocycles. The van der Waals surface area contributed by atoms with Gasteiger partial charge in [-0.2, -0.15) is 0 Å². The number of rotatable bonds is 6. The van der Waals surface area contributed by atoms with E-state index < -0.39 is 0 Å². The summed E-state index contributed by atoms with van der Waals surface area (Å²) in [4.78, 5) is 24.5. The Morgan fingerprint density at radius 1 is 1.06 bits per heavy atom. The number of aromatic nitrogens is 2. The molecule has 5 rings (SSSR count). The highest BCUT2D eigenvalue weighted by Crippen LogP contribution is 2.37. The Labute approximate surface area is 191 Å². The number of carbonyl (C=O) groups is 1. The second-order valence-corrected chi connectivity index (χ2v) is 9.41. The molecule has 0 unspecified atom stereocenters. The summed E-state index contributed by atoms with van der Waals surface area (Å²) < 4.78 is 1.21. The lowest BCUT2D eigenvalue weighted by Crippen LogP contribution is -2.34. The molecule has 0 aliphatic carbocycles. The number of phenolic OH excluding ortho intramolecular Hbond substituents is 1. The molecule has 0 bridgehead atoms. The summed E-state index contributed by atoms with van der Waals surface area (Å²) in [5, 5.41) is 12.8. The van der Waals surface area contributed by atoms with Crippen LogP contribution in [-0.2, 0) is 24.1 Å². The minimum atomic E-state index is 0.0514. The van der Waals surface area contributed by atoms with E-state index in [1.54, 1.807) is 23.5 Å². The predicted molar refractivity (Wildman–Crippen MR) is 129 cm³/mol. The van der Waals surface area contributed by atoms with Gasteiger partial charge in [0.2, 0.25) is 5.91 Å². The fourth-order valence-corrected chi connectivity index (χ4v) is 5.32. The third-order valence-electron chi connectivity index (χ3n) is 5.95. The Hall–Kier alpha value is -3.25. The van der Waals surface area contributed by atoms with Crippen molar-refractivity contribution in [1.82, 2.24) is 9.97 Å². The van der Waals surface area contributed by atoms with Crippen molar-refractivity contribution in [2.75, 3.05) is 4.90 Å². The number of aromatic hydroxyl groups is 1. The van der Waals surface area contributed by atoms with Crippen molar-refractivity contribution in [2.24, 2.45) is 0 Å². The van der Waals surface area contributed by atoms with Crippen molar-refractivity contribution in [3.05, 3.63) is 70.7 Å². The highest BCUT2D eigenvalue weighted by Gasteiger charge is 2.34. The molecule has 162 valence electrons. The number of phenols is 1. The van der Waals surface area contributed by atoms with E-state index in [9.17, 15) is 9.90 Å². The number of amides is 1. The standard InChI is InChI=1S/C26H25N3O2S/c1-16(2)29-24(31)14-20-22(8-5-6-17-10-12-18(30)13-11-17)27-25(28-26(20)29)21-15-32-23-9-4-3-7-19(21)23/h3-4,7,9-13,15-16,30H,5-6,8,14H2,1-2H3. The highest BCUT2D eigenvalue weighted by atomic mass is 32.1. The molecule has 0 saturated heterocycles. The quantitative estimate of drug-likeness (QED) is 0.425. The van der Waals surface area contributed by atoms with E-state index in [1.807, 2.05) is 43.0 Å². The molecule has 1 aliphatic heterocycles. The smallest absolute Gasteiger partial charge is 0.233 e. The fourth-order valence-electron chi connectivity index (χ4n) is 4.39. The van der Waals surface area contributed by atoms with Gasteiger partial charge >= 0.3 is 0 Å². The van der Waals surface area contributed by atoms with Crippen LogP contribution in [0.15, 0.2) is 53.9 Å². The summed E-state index contributed by atoms with van der Waals surface area (Å²) in [6, 6.07) is 15.7. The number of aryl methyl sites for hydroxylation is 2. The lowest BCUT2D eigenvalue weighted by Gasteiger charge is -2.21. The lowest BCUT2D eigenvalue weighted by molar-refractivity contribution is -0.117. The maximum atomic E-state index is 12.8. The van der Waals surface area contributed by atoms with Crippen LogP contribution in [-0.4, -0.2) is 27.0 Å². The second-order valence-electron chi connectivity index (χ2n) is 8.50. The van der Waals surface area contributed by atoms with Crippen LogP contribution < -0.4 is 4.90 Å². The number of anilines is 1. The molecular formula is C26H25N3O2S. The van der Waals surface area contributed by atoms with E-state index >= 15 is 0 Å². The summed E-state index contributed by atoms with van der Waals surface area (Å²) in [5.74, 6) is 1.84. The number of hydrogen-bond donors (Lipinski definition) is 1. The van der Waals surface area contributed by atoms with Crippen molar-refractivity contribution in [2.45, 2.75) is 45.6 Å². The van der Waals surface area contributed by atoms with Crippen LogP contribution in [0, 0.1) is 0 Å². The third-order valence-corrected chi connectivity index (χ3v) is 6.91. The molecule has 3 heterocycles. The maximum absolute atomic E-state index is 12.8. The van der Waals surface area contributed by atoms with Crippen molar-refractivity contribution in [3.8, 4) is 17.1 Å². The molecule has 32 heavy (non-hydrogen) atoms. The Bertz CT molecular complexity index is 1290. The third kappa shape index (κ3) is 3.75. The van der Waals surface area contributed by atoms with Gasteiger partial charge in [0, 0.05) is 32.6 Å². The van der Waals surface area contributed by atoms with Gasteiger partial charge in [0.1, 0.15) is 11.6 Å². The molecule has 6 heteroatoms. The maximum Gasteiger partial charge on any atom is 0.233 e. The first-order valence-corrected chi connectivity index (χ1v) is 11.9. The Balaban J connectivity index is 1.52. The molecule has 0 spiro atoms. The second kappa shape index (κ2) is 8.36. The molecular weight excluding hydrogens is 418 g/mol. The topological polar surface area (TPSA) is 66.3 Å². The minimum absolute atomic E-state index is 0.0514. The van der Waals surface area contributed by atoms with Crippen LogP contribution in [0.2, 0.25) is 0 Å². The van der Waals surface area contributed by atoms with Gasteiger partial charge in [-0.15, -0.1) is 11.3 Å². The molecule has 4 aromatic rings. The van der Waals surface area contributed by atoms with Gasteiger partial charge in [0.15, 0.2) is 5.82 Å². The van der Waals surface area contributed by atoms with E-state index in [2.05, 4.69) is 17.5 Å². The summed E-state index contributed by atoms with van der Waals surface area (Å²) in [6.45, 7) is 4.05. The number of fused-ring (bicyclic) bond motifs is 2. The summed E-state index contributed by atoms with van der Waals surface area (Å²) in [5.41, 5.74) is 4.14. The monoisotopic (exact) mass is 443 g/mol. The average Bonchev–Trinajstić information content (AvgIpc) is 3.35. The van der Waals surface area contributed by atoms with Gasteiger partial charge in [0.05, 0.1) is 12.1 Å². The molecule has 5 nitrogen and oxygen atoms in total. The van der Waals surface area contributed by atoms with Crippen LogP contribution in [0.1, 0.15) is 37.1 Å². The predicted octanol–water partition coefficient (Wildman–Crippen LogP) is 5.54. The fraction of sp³-hybridized carbons (Fsp3) is 0.269. The van der Waals surface area contributed by atoms with E-state index in [4.69, 9.17) is 9.97 Å². The molecule has 0 fully saturated rings. The van der Waals surface area contributed by atoms with Crippen LogP contribution >= 0.6 is 11.3 Å². The van der Waals surface area contributed by atoms with Gasteiger partial charge < -0.3 is 5.11 Å². The van der Waals surface area contributed by atoms with E-state index in [1.165, 1.54) is 10.3 Å². The van der Waals surface area contributed by atoms with Crippen molar-refractivity contribution in [3.63, 3.8) is 0 Å². The molecule has 0 atom stereocenters. The molecule has 0 saturated carbocycles. The van der Waals surface area contributed by atoms with Crippen LogP contribution in [0.4, 0.5) is 5.82 Å². The molecule has 1 amide bonds. The van der Waals surface area contributed by atoms with Gasteiger partial charge in [0.25, 0.3) is 0 Å². The summed E-state index contributed by atoms with van der Waals surface area (Å²) >= 11 is 1.69. The largest absolute Gasteiger partial charge is 0.508 e. The molecule has 0 radical (unpaired) electrons. The Kier molecular flexibility index (Phi) is 5.39. The van der Waals surface area contributed by atoms with Crippen LogP contribution in [0.25, 0.3) is 21.5 Å². The van der Waals surface area contributed by atoms with E-state index in [0.717, 1.165) is 47.3 Å². The van der Waals surface area contributed by atoms with Crippen molar-refractivity contribution >= 4 is 33.1 Å². The van der Waals surface area contributed by atoms with Gasteiger partial charge in [-0.1, -0.05) is 30.3 Å². The van der Waals surface area contributed by atoms with E-state index in [0.29, 0.717) is 12.2 Å². The van der Waals surface area contributed by atoms with Gasteiger partial charge in [-0.05, 0) is 56.9 Å². The Morgan fingerprint density at radius 2 is 1.84 bits per heavy atom. The molecule has 1 N–H and O–H groups in total. The first-order valence-electron chi connectivity index (χ1n) is 11.0. The molecule has 2 aromatic carbocycles. The minimum Gasteiger partial charge on any atom is -0.508 e. The highest BCUT2D eigenvalue weighted by molar-refractivity contribution is 7.17. The van der Waals surface area contributed by atoms with Crippen molar-refractivity contribution in [1.29, 1.82) is 0 Å². The van der Waals surface area contributed by atoms with Crippen LogP contribution in [0.3, 0.4) is 0 Å². The SMILES string of the molecule is CC(C)N1C(=O)Cc2c(CCCc3ccc(O)cc3)nc(-c3csc4ccccc34)nc21. The zero-order valence-electron chi connectivity index (χ0n) is 18.2. The van der Waals surface area contributed by atoms with Crippen LogP contribution in [0.5, 0.6) is 5.75 Å². The lowest BCUT2D eigenvalue weighted by atomic mass is 10.0. The first-order chi connectivity index (χ1) is 15.5. The Morgan fingerprint density at radius 3 is 2.62 bits per heavy atom. The number of hydrogen-bond acceptors (Lipinski definition) is 5. The number of thiophene rings is 1. The summed E-state index contributed by atoms with van der Waals surface area (Å²) in [7, 11) is 0. The zero-order valence-corrected chi connectivity index (χ0v) is 19.0. The number of benzene rings is 2. The number of carbonyl (C=O) groups excluding carboxylic acids is 1. The zero-order chi connectivity index (χ0) is 22.2. The number of nitrogens with zero attached hydrogens (tertiary/aromatic N) is 3.